The van der Waals surface area contributed by atoms with Crippen LogP contribution in [0.25, 0.3) is 0 Å². The molecule has 0 aliphatic carbocycles. The molecular weight excluding hydrogens is 380 g/mol. The number of rotatable bonds is 7. The third kappa shape index (κ3) is 6.37. The summed E-state index contributed by atoms with van der Waals surface area (Å²) in [6.07, 6.45) is -4.85. The Bertz CT molecular complexity index is 651. The zero-order valence-electron chi connectivity index (χ0n) is 15.2. The number of alkyl carbamates (subject to hydrolysis) is 1. The molecule has 0 spiro atoms. The van der Waals surface area contributed by atoms with Crippen molar-refractivity contribution in [3.05, 3.63) is 11.8 Å². The van der Waals surface area contributed by atoms with Crippen LogP contribution in [-0.2, 0) is 19.1 Å². The molecule has 0 bridgehead atoms. The highest BCUT2D eigenvalue weighted by molar-refractivity contribution is 5.93. The van der Waals surface area contributed by atoms with E-state index in [1.807, 2.05) is 0 Å². The number of ether oxygens (including phenoxy) is 2. The van der Waals surface area contributed by atoms with Gasteiger partial charge in [-0.2, -0.15) is 0 Å². The number of nitrogens with one attached hydrogen (secondary N) is 2. The molecule has 158 valence electrons. The fraction of sp³-hybridized carbons (Fsp3) is 0.600. The summed E-state index contributed by atoms with van der Waals surface area (Å²) in [7, 11) is 0. The Labute approximate surface area is 159 Å². The van der Waals surface area contributed by atoms with Crippen molar-refractivity contribution in [1.29, 1.82) is 0 Å². The third-order valence-corrected chi connectivity index (χ3v) is 3.60. The number of amides is 2. The van der Waals surface area contributed by atoms with Crippen LogP contribution in [0.15, 0.2) is 16.8 Å². The number of aliphatic carboxylic acids is 1. The number of guanidine groups is 1. The summed E-state index contributed by atoms with van der Waals surface area (Å²) >= 11 is 0. The van der Waals surface area contributed by atoms with Crippen molar-refractivity contribution in [3.63, 3.8) is 0 Å². The van der Waals surface area contributed by atoms with Gasteiger partial charge in [-0.15, -0.1) is 0 Å². The van der Waals surface area contributed by atoms with Gasteiger partial charge in [-0.1, -0.05) is 0 Å². The first-order chi connectivity index (χ1) is 13.1. The molecule has 28 heavy (non-hydrogen) atoms. The minimum Gasteiger partial charge on any atom is -0.478 e. The Morgan fingerprint density at radius 1 is 1.39 bits per heavy atom. The van der Waals surface area contributed by atoms with Crippen molar-refractivity contribution in [2.24, 2.45) is 10.7 Å². The highest BCUT2D eigenvalue weighted by atomic mass is 16.5. The van der Waals surface area contributed by atoms with Gasteiger partial charge in [0.15, 0.2) is 5.96 Å². The molecule has 13 heteroatoms. The minimum atomic E-state index is -1.78. The van der Waals surface area contributed by atoms with E-state index in [2.05, 4.69) is 20.4 Å². The monoisotopic (exact) mass is 404 g/mol. The summed E-state index contributed by atoms with van der Waals surface area (Å²) in [5.41, 5.74) is 5.61. The number of nitrogens with two attached hydrogens (primary N) is 1. The van der Waals surface area contributed by atoms with Crippen LogP contribution in [0.5, 0.6) is 0 Å². The van der Waals surface area contributed by atoms with Crippen molar-refractivity contribution in [2.45, 2.75) is 44.2 Å². The summed E-state index contributed by atoms with van der Waals surface area (Å²) in [6, 6.07) is -2.38. The lowest BCUT2D eigenvalue weighted by atomic mass is 9.92. The van der Waals surface area contributed by atoms with Gasteiger partial charge in [-0.25, -0.2) is 14.6 Å². The van der Waals surface area contributed by atoms with Gasteiger partial charge in [0.05, 0.1) is 25.3 Å². The van der Waals surface area contributed by atoms with Gasteiger partial charge in [-0.3, -0.25) is 10.1 Å². The van der Waals surface area contributed by atoms with E-state index in [1.165, 1.54) is 0 Å². The zero-order chi connectivity index (χ0) is 21.4. The maximum absolute atomic E-state index is 11.6. The average molecular weight is 404 g/mol. The van der Waals surface area contributed by atoms with E-state index >= 15 is 0 Å². The fourth-order valence-electron chi connectivity index (χ4n) is 2.43. The van der Waals surface area contributed by atoms with Gasteiger partial charge in [-0.05, 0) is 13.0 Å². The van der Waals surface area contributed by atoms with Gasteiger partial charge in [0.25, 0.3) is 0 Å². The van der Waals surface area contributed by atoms with Crippen LogP contribution < -0.4 is 16.4 Å². The Kier molecular flexibility index (Phi) is 8.63. The third-order valence-electron chi connectivity index (χ3n) is 3.60. The number of carbonyl (C=O) groups excluding carboxylic acids is 2. The molecule has 8 N–H and O–H groups in total. The number of aliphatic hydroxyl groups excluding tert-OH is 3. The molecule has 2 amide bonds. The number of hydrogen-bond donors (Lipinski definition) is 7. The van der Waals surface area contributed by atoms with Crippen LogP contribution in [0.4, 0.5) is 4.79 Å². The minimum absolute atomic E-state index is 0.0707. The van der Waals surface area contributed by atoms with Crippen LogP contribution in [0, 0.1) is 0 Å². The molecule has 5 atom stereocenters. The van der Waals surface area contributed by atoms with Crippen molar-refractivity contribution >= 4 is 23.9 Å². The zero-order valence-corrected chi connectivity index (χ0v) is 15.2. The molecular formula is C15H24N4O9. The van der Waals surface area contributed by atoms with Gasteiger partial charge in [0.2, 0.25) is 11.7 Å². The molecule has 0 saturated carbocycles. The molecule has 1 aliphatic heterocycles. The first-order valence-corrected chi connectivity index (χ1v) is 8.23. The van der Waals surface area contributed by atoms with Gasteiger partial charge >= 0.3 is 12.1 Å². The Morgan fingerprint density at radius 2 is 2.04 bits per heavy atom. The van der Waals surface area contributed by atoms with E-state index in [-0.39, 0.29) is 6.61 Å². The van der Waals surface area contributed by atoms with Crippen molar-refractivity contribution in [3.8, 4) is 0 Å². The number of aliphatic hydroxyl groups is 3. The average Bonchev–Trinajstić information content (AvgIpc) is 2.61. The van der Waals surface area contributed by atoms with Crippen LogP contribution in [0.2, 0.25) is 0 Å². The molecule has 1 heterocycles. The maximum atomic E-state index is 11.6. The van der Waals surface area contributed by atoms with E-state index in [4.69, 9.17) is 15.6 Å². The van der Waals surface area contributed by atoms with Gasteiger partial charge < -0.3 is 41.0 Å². The molecule has 1 rings (SSSR count). The largest absolute Gasteiger partial charge is 0.478 e. The molecule has 0 aromatic heterocycles. The smallest absolute Gasteiger partial charge is 0.413 e. The van der Waals surface area contributed by atoms with E-state index in [1.54, 1.807) is 6.92 Å². The molecule has 0 aromatic rings. The van der Waals surface area contributed by atoms with Crippen LogP contribution in [0.3, 0.4) is 0 Å². The standard InChI is InChI=1S/C15H24N4O9/c1-3-27-15(26)19-14(16)18-7-4-9(13(24)25)28-12(10(7)17-6(2)21)11(23)8(22)5-20/h4,7-8,10-12,20,22-23H,3,5H2,1-2H3,(H,17,21)(H,24,25)(H3,16,18,19,26)/t7-,8?,10?,11?,12?/m0/s1. The normalized spacial score (nSPS) is 24.2. The van der Waals surface area contributed by atoms with Crippen molar-refractivity contribution < 1.29 is 44.3 Å². The predicted octanol–water partition coefficient (Wildman–Crippen LogP) is -3.00. The molecule has 4 unspecified atom stereocenters. The highest BCUT2D eigenvalue weighted by Crippen LogP contribution is 2.24. The van der Waals surface area contributed by atoms with Crippen LogP contribution in [0.1, 0.15) is 13.8 Å². The second-order valence-corrected chi connectivity index (χ2v) is 5.74. The predicted molar refractivity (Wildman–Crippen MR) is 92.9 cm³/mol. The lowest BCUT2D eigenvalue weighted by molar-refractivity contribution is -0.145. The number of carboxylic acid groups (broad SMARTS) is 1. The Morgan fingerprint density at radius 3 is 2.54 bits per heavy atom. The molecule has 1 aliphatic rings. The number of nitrogens with zero attached hydrogens (tertiary/aromatic N) is 1. The quantitative estimate of drug-likeness (QED) is 0.169. The fourth-order valence-corrected chi connectivity index (χ4v) is 2.43. The summed E-state index contributed by atoms with van der Waals surface area (Å²) in [5, 5.41) is 42.7. The summed E-state index contributed by atoms with van der Waals surface area (Å²) < 4.78 is 9.82. The first kappa shape index (κ1) is 23.1. The van der Waals surface area contributed by atoms with E-state index in [0.29, 0.717) is 0 Å². The Hall–Kier alpha value is -2.90. The molecule has 0 fully saturated rings. The maximum Gasteiger partial charge on any atom is 0.413 e. The molecule has 0 radical (unpaired) electrons. The summed E-state index contributed by atoms with van der Waals surface area (Å²) in [5.74, 6) is -3.16. The second-order valence-electron chi connectivity index (χ2n) is 5.74. The number of carboxylic acids is 1. The molecule has 0 aromatic carbocycles. The summed E-state index contributed by atoms with van der Waals surface area (Å²) in [6.45, 7) is 1.95. The molecule has 13 nitrogen and oxygen atoms in total. The second kappa shape index (κ2) is 10.4. The number of aliphatic imine (C=N–C) groups is 1. The first-order valence-electron chi connectivity index (χ1n) is 8.23. The van der Waals surface area contributed by atoms with Gasteiger partial charge in [0.1, 0.15) is 18.3 Å². The lowest BCUT2D eigenvalue weighted by Gasteiger charge is -2.38. The van der Waals surface area contributed by atoms with Crippen molar-refractivity contribution in [1.82, 2.24) is 10.6 Å². The highest BCUT2D eigenvalue weighted by Gasteiger charge is 2.43. The van der Waals surface area contributed by atoms with Crippen LogP contribution >= 0.6 is 0 Å². The number of carbonyl (C=O) groups is 3. The van der Waals surface area contributed by atoms with Gasteiger partial charge in [0, 0.05) is 6.92 Å². The van der Waals surface area contributed by atoms with Crippen molar-refractivity contribution in [2.75, 3.05) is 13.2 Å². The summed E-state index contributed by atoms with van der Waals surface area (Å²) in [4.78, 5) is 38.3. The van der Waals surface area contributed by atoms with E-state index in [0.717, 1.165) is 13.0 Å². The topological polar surface area (TPSA) is 213 Å². The molecule has 0 saturated heterocycles. The number of hydrogen-bond acceptors (Lipinski definition) is 9. The lowest BCUT2D eigenvalue weighted by Crippen LogP contribution is -2.60. The van der Waals surface area contributed by atoms with E-state index < -0.39 is 66.7 Å². The van der Waals surface area contributed by atoms with E-state index in [9.17, 15) is 29.7 Å². The Balaban J connectivity index is 3.28. The SMILES string of the molecule is CCOC(=O)NC(N)=N[C@H]1C=C(C(=O)O)OC(C(O)C(O)CO)C1NC(C)=O. The van der Waals surface area contributed by atoms with Crippen LogP contribution in [-0.4, -0.2) is 88.0 Å².